The number of amides is 1. The first kappa shape index (κ1) is 15.0. The molecule has 4 aromatic rings. The Hall–Kier alpha value is -3.25. The molecule has 1 aliphatic rings. The fourth-order valence-corrected chi connectivity index (χ4v) is 4.19. The molecule has 5 nitrogen and oxygen atoms in total. The van der Waals surface area contributed by atoms with Crippen molar-refractivity contribution in [1.29, 1.82) is 0 Å². The Balaban J connectivity index is 1.84. The molecule has 0 saturated carbocycles. The van der Waals surface area contributed by atoms with Gasteiger partial charge < -0.3 is 4.42 Å². The average molecular weight is 360 g/mol. The van der Waals surface area contributed by atoms with Crippen molar-refractivity contribution in [2.45, 2.75) is 6.04 Å². The van der Waals surface area contributed by atoms with Crippen molar-refractivity contribution in [3.63, 3.8) is 0 Å². The van der Waals surface area contributed by atoms with Crippen LogP contribution >= 0.6 is 11.3 Å². The summed E-state index contributed by atoms with van der Waals surface area (Å²) in [6, 6.07) is 15.6. The first-order valence-corrected chi connectivity index (χ1v) is 8.97. The van der Waals surface area contributed by atoms with E-state index in [-0.39, 0.29) is 17.1 Å². The van der Waals surface area contributed by atoms with E-state index in [1.165, 1.54) is 11.3 Å². The zero-order valence-electron chi connectivity index (χ0n) is 13.5. The van der Waals surface area contributed by atoms with Gasteiger partial charge >= 0.3 is 0 Å². The summed E-state index contributed by atoms with van der Waals surface area (Å²) in [4.78, 5) is 33.1. The summed E-state index contributed by atoms with van der Waals surface area (Å²) in [7, 11) is 0. The van der Waals surface area contributed by atoms with E-state index >= 15 is 0 Å². The van der Waals surface area contributed by atoms with Crippen LogP contribution in [0.2, 0.25) is 0 Å². The summed E-state index contributed by atoms with van der Waals surface area (Å²) in [6.45, 7) is 0. The number of hydrogen-bond acceptors (Lipinski definition) is 5. The highest BCUT2D eigenvalue weighted by Crippen LogP contribution is 2.41. The van der Waals surface area contributed by atoms with Crippen LogP contribution in [0.4, 0.5) is 5.82 Å². The van der Waals surface area contributed by atoms with E-state index in [4.69, 9.17) is 4.42 Å². The third-order valence-corrected chi connectivity index (χ3v) is 5.41. The molecule has 1 amide bonds. The quantitative estimate of drug-likeness (QED) is 0.542. The number of anilines is 1. The van der Waals surface area contributed by atoms with Gasteiger partial charge in [0.15, 0.2) is 5.43 Å². The summed E-state index contributed by atoms with van der Waals surface area (Å²) in [5.41, 5.74) is 0.617. The van der Waals surface area contributed by atoms with Crippen LogP contribution in [0.3, 0.4) is 0 Å². The van der Waals surface area contributed by atoms with Crippen LogP contribution in [-0.4, -0.2) is 10.9 Å². The van der Waals surface area contributed by atoms with E-state index < -0.39 is 6.04 Å². The number of hydrogen-bond donors (Lipinski definition) is 0. The Morgan fingerprint density at radius 1 is 1.00 bits per heavy atom. The van der Waals surface area contributed by atoms with Gasteiger partial charge in [0.25, 0.3) is 5.91 Å². The second kappa shape index (κ2) is 5.64. The number of thiophene rings is 1. The summed E-state index contributed by atoms with van der Waals surface area (Å²) < 4.78 is 5.86. The molecule has 0 N–H and O–H groups in total. The molecule has 126 valence electrons. The van der Waals surface area contributed by atoms with Crippen LogP contribution < -0.4 is 10.3 Å². The van der Waals surface area contributed by atoms with Crippen molar-refractivity contribution >= 4 is 34.0 Å². The minimum absolute atomic E-state index is 0.0951. The van der Waals surface area contributed by atoms with Gasteiger partial charge in [-0.1, -0.05) is 24.3 Å². The number of rotatable bonds is 2. The Morgan fingerprint density at radius 3 is 2.62 bits per heavy atom. The lowest BCUT2D eigenvalue weighted by molar-refractivity contribution is 0.0970. The van der Waals surface area contributed by atoms with Crippen LogP contribution in [0, 0.1) is 0 Å². The highest BCUT2D eigenvalue weighted by molar-refractivity contribution is 7.10. The second-order valence-electron chi connectivity index (χ2n) is 5.95. The van der Waals surface area contributed by atoms with Crippen LogP contribution in [0.25, 0.3) is 11.0 Å². The van der Waals surface area contributed by atoms with E-state index in [0.717, 1.165) is 4.88 Å². The number of carbonyl (C=O) groups is 1. The van der Waals surface area contributed by atoms with Gasteiger partial charge in [-0.15, -0.1) is 11.3 Å². The van der Waals surface area contributed by atoms with E-state index in [0.29, 0.717) is 22.4 Å². The smallest absolute Gasteiger partial charge is 0.296 e. The number of carbonyl (C=O) groups excluding carboxylic acids is 1. The van der Waals surface area contributed by atoms with Crippen LogP contribution in [-0.2, 0) is 0 Å². The van der Waals surface area contributed by atoms with E-state index in [1.807, 2.05) is 23.6 Å². The maximum absolute atomic E-state index is 13.2. The first-order chi connectivity index (χ1) is 12.8. The molecular weight excluding hydrogens is 348 g/mol. The zero-order valence-corrected chi connectivity index (χ0v) is 14.3. The molecule has 4 heterocycles. The number of fused-ring (bicyclic) bond motifs is 2. The van der Waals surface area contributed by atoms with E-state index in [2.05, 4.69) is 4.98 Å². The molecule has 6 heteroatoms. The van der Waals surface area contributed by atoms with Crippen molar-refractivity contribution in [2.75, 3.05) is 4.90 Å². The summed E-state index contributed by atoms with van der Waals surface area (Å²) in [6.07, 6.45) is 1.63. The number of benzene rings is 1. The minimum atomic E-state index is -0.534. The van der Waals surface area contributed by atoms with E-state index in [9.17, 15) is 9.59 Å². The van der Waals surface area contributed by atoms with Crippen molar-refractivity contribution < 1.29 is 9.21 Å². The molecule has 0 fully saturated rings. The lowest BCUT2D eigenvalue weighted by Crippen LogP contribution is -2.29. The summed E-state index contributed by atoms with van der Waals surface area (Å²) in [5, 5.41) is 2.40. The number of aromatic nitrogens is 1. The van der Waals surface area contributed by atoms with Gasteiger partial charge in [0, 0.05) is 11.1 Å². The highest BCUT2D eigenvalue weighted by atomic mass is 32.1. The monoisotopic (exact) mass is 360 g/mol. The molecule has 1 atom stereocenters. The van der Waals surface area contributed by atoms with Crippen molar-refractivity contribution in [1.82, 2.24) is 4.98 Å². The molecule has 0 saturated heterocycles. The third-order valence-electron chi connectivity index (χ3n) is 4.49. The van der Waals surface area contributed by atoms with Gasteiger partial charge in [0.05, 0.1) is 10.9 Å². The molecular formula is C20H12N2O3S. The third kappa shape index (κ3) is 2.06. The van der Waals surface area contributed by atoms with Gasteiger partial charge in [-0.25, -0.2) is 4.98 Å². The molecule has 0 spiro atoms. The second-order valence-corrected chi connectivity index (χ2v) is 6.93. The van der Waals surface area contributed by atoms with Crippen molar-refractivity contribution in [3.8, 4) is 0 Å². The average Bonchev–Trinajstić information content (AvgIpc) is 3.30. The van der Waals surface area contributed by atoms with Gasteiger partial charge in [-0.2, -0.15) is 0 Å². The summed E-state index contributed by atoms with van der Waals surface area (Å²) in [5.74, 6) is 0.239. The molecule has 0 radical (unpaired) electrons. The number of para-hydroxylation sites is 1. The lowest BCUT2D eigenvalue weighted by atomic mass is 10.0. The molecule has 1 aliphatic heterocycles. The van der Waals surface area contributed by atoms with Crippen LogP contribution in [0.15, 0.2) is 75.4 Å². The van der Waals surface area contributed by atoms with Crippen LogP contribution in [0.5, 0.6) is 0 Å². The number of pyridine rings is 1. The van der Waals surface area contributed by atoms with Gasteiger partial charge in [-0.3, -0.25) is 14.5 Å². The SMILES string of the molecule is O=C1c2oc3ccccc3c(=O)c2[C@@H](c2cccs2)N1c1ccccn1. The molecule has 0 aliphatic carbocycles. The van der Waals surface area contributed by atoms with E-state index in [1.54, 1.807) is 47.5 Å². The van der Waals surface area contributed by atoms with Crippen molar-refractivity contribution in [2.24, 2.45) is 0 Å². The first-order valence-electron chi connectivity index (χ1n) is 8.09. The Labute approximate surface area is 152 Å². The minimum Gasteiger partial charge on any atom is -0.450 e. The van der Waals surface area contributed by atoms with Crippen LogP contribution in [0.1, 0.15) is 27.0 Å². The van der Waals surface area contributed by atoms with Crippen molar-refractivity contribution in [3.05, 3.63) is 92.6 Å². The fraction of sp³-hybridized carbons (Fsp3) is 0.0500. The highest BCUT2D eigenvalue weighted by Gasteiger charge is 2.44. The molecule has 0 unspecified atom stereocenters. The van der Waals surface area contributed by atoms with Gasteiger partial charge in [-0.05, 0) is 35.7 Å². The molecule has 0 bridgehead atoms. The Bertz CT molecular complexity index is 1180. The molecule has 26 heavy (non-hydrogen) atoms. The maximum Gasteiger partial charge on any atom is 0.296 e. The standard InChI is InChI=1S/C20H12N2O3S/c23-18-12-6-1-2-7-13(12)25-19-16(18)17(14-8-5-11-26-14)22(20(19)24)15-9-3-4-10-21-15/h1-11,17H/t17-/m1/s1. The maximum atomic E-state index is 13.2. The van der Waals surface area contributed by atoms with Gasteiger partial charge in [0.1, 0.15) is 17.4 Å². The molecule has 1 aromatic carbocycles. The molecule has 5 rings (SSSR count). The number of nitrogens with zero attached hydrogens (tertiary/aromatic N) is 2. The molecule has 3 aromatic heterocycles. The zero-order chi connectivity index (χ0) is 17.7. The Kier molecular flexibility index (Phi) is 3.26. The fourth-order valence-electron chi connectivity index (χ4n) is 3.37. The predicted octanol–water partition coefficient (Wildman–Crippen LogP) is 4.00. The summed E-state index contributed by atoms with van der Waals surface area (Å²) >= 11 is 1.50. The Morgan fingerprint density at radius 2 is 1.85 bits per heavy atom. The normalized spacial score (nSPS) is 16.2. The topological polar surface area (TPSA) is 63.4 Å². The van der Waals surface area contributed by atoms with Gasteiger partial charge in [0.2, 0.25) is 5.76 Å². The lowest BCUT2D eigenvalue weighted by Gasteiger charge is -2.22. The largest absolute Gasteiger partial charge is 0.450 e. The predicted molar refractivity (Wildman–Crippen MR) is 99.7 cm³/mol.